The van der Waals surface area contributed by atoms with Crippen LogP contribution in [0, 0.1) is 10.1 Å². The summed E-state index contributed by atoms with van der Waals surface area (Å²) in [5.74, 6) is -0.142. The normalized spacial score (nSPS) is 14.5. The molecule has 0 aliphatic carbocycles. The molecule has 3 rings (SSSR count). The number of rotatable bonds is 7. The first kappa shape index (κ1) is 20.7. The summed E-state index contributed by atoms with van der Waals surface area (Å²) in [6.45, 7) is 0.818. The molecule has 0 N–H and O–H groups in total. The van der Waals surface area contributed by atoms with E-state index in [9.17, 15) is 23.3 Å². The van der Waals surface area contributed by atoms with Gasteiger partial charge in [0.05, 0.1) is 23.3 Å². The second-order valence-corrected chi connectivity index (χ2v) is 8.43. The van der Waals surface area contributed by atoms with Crippen molar-refractivity contribution in [3.63, 3.8) is 0 Å². The number of hydrogen-bond acceptors (Lipinski definition) is 7. The Morgan fingerprint density at radius 2 is 1.79 bits per heavy atom. The molecule has 0 saturated carbocycles. The molecule has 0 unspecified atom stereocenters. The van der Waals surface area contributed by atoms with Crippen LogP contribution in [0.5, 0.6) is 11.5 Å². The van der Waals surface area contributed by atoms with E-state index < -0.39 is 20.6 Å². The maximum atomic E-state index is 12.7. The summed E-state index contributed by atoms with van der Waals surface area (Å²) in [6, 6.07) is 10.0. The van der Waals surface area contributed by atoms with E-state index in [1.54, 1.807) is 24.3 Å². The van der Waals surface area contributed by atoms with Gasteiger partial charge in [-0.25, -0.2) is 8.42 Å². The summed E-state index contributed by atoms with van der Waals surface area (Å²) in [6.07, 6.45) is 1.64. The first-order valence-electron chi connectivity index (χ1n) is 8.93. The number of carbonyl (C=O) groups excluding carboxylic acids is 1. The van der Waals surface area contributed by atoms with Gasteiger partial charge in [-0.15, -0.1) is 0 Å². The minimum atomic E-state index is -3.77. The molecular weight excluding hydrogens is 400 g/mol. The highest BCUT2D eigenvalue weighted by Gasteiger charge is 2.30. The lowest BCUT2D eigenvalue weighted by molar-refractivity contribution is -0.385. The molecule has 2 aromatic carbocycles. The maximum Gasteiger partial charge on any atom is 0.312 e. The molecule has 0 bridgehead atoms. The van der Waals surface area contributed by atoms with Crippen LogP contribution in [0.1, 0.15) is 18.4 Å². The van der Waals surface area contributed by atoms with E-state index in [2.05, 4.69) is 4.74 Å². The van der Waals surface area contributed by atoms with Crippen LogP contribution in [0.15, 0.2) is 47.4 Å². The molecule has 1 fully saturated rings. The van der Waals surface area contributed by atoms with Crippen molar-refractivity contribution in [2.75, 3.05) is 20.2 Å². The number of nitrogens with zero attached hydrogens (tertiary/aromatic N) is 2. The third-order valence-corrected chi connectivity index (χ3v) is 6.45. The number of esters is 1. The van der Waals surface area contributed by atoms with Crippen molar-refractivity contribution >= 4 is 21.7 Å². The summed E-state index contributed by atoms with van der Waals surface area (Å²) < 4.78 is 36.8. The fraction of sp³-hybridized carbons (Fsp3) is 0.316. The molecule has 10 heteroatoms. The van der Waals surface area contributed by atoms with Crippen LogP contribution >= 0.6 is 0 Å². The summed E-state index contributed by atoms with van der Waals surface area (Å²) in [7, 11) is -2.48. The highest BCUT2D eigenvalue weighted by atomic mass is 32.2. The number of nitro benzene ring substituents is 1. The third-order valence-electron chi connectivity index (χ3n) is 4.56. The van der Waals surface area contributed by atoms with Crippen molar-refractivity contribution < 1.29 is 27.6 Å². The zero-order chi connectivity index (χ0) is 21.0. The average Bonchev–Trinajstić information content (AvgIpc) is 3.25. The summed E-state index contributed by atoms with van der Waals surface area (Å²) >= 11 is 0. The second-order valence-electron chi connectivity index (χ2n) is 6.50. The van der Waals surface area contributed by atoms with Gasteiger partial charge in [-0.05, 0) is 42.7 Å². The van der Waals surface area contributed by atoms with Crippen LogP contribution in [0.4, 0.5) is 5.69 Å². The van der Waals surface area contributed by atoms with E-state index in [0.29, 0.717) is 24.4 Å². The highest BCUT2D eigenvalue weighted by Crippen LogP contribution is 2.34. The monoisotopic (exact) mass is 420 g/mol. The van der Waals surface area contributed by atoms with Gasteiger partial charge >= 0.3 is 11.7 Å². The van der Waals surface area contributed by atoms with Gasteiger partial charge in [0.2, 0.25) is 15.8 Å². The smallest absolute Gasteiger partial charge is 0.312 e. The molecule has 0 spiro atoms. The minimum Gasteiger partial charge on any atom is -0.469 e. The van der Waals surface area contributed by atoms with Crippen molar-refractivity contribution in [2.24, 2.45) is 0 Å². The Hall–Kier alpha value is -2.98. The van der Waals surface area contributed by atoms with Crippen molar-refractivity contribution in [2.45, 2.75) is 24.2 Å². The van der Waals surface area contributed by atoms with Gasteiger partial charge in [0.1, 0.15) is 5.75 Å². The largest absolute Gasteiger partial charge is 0.469 e. The predicted molar refractivity (Wildman–Crippen MR) is 103 cm³/mol. The van der Waals surface area contributed by atoms with Crippen LogP contribution in [0.2, 0.25) is 0 Å². The van der Waals surface area contributed by atoms with Crippen LogP contribution in [0.25, 0.3) is 0 Å². The van der Waals surface area contributed by atoms with Gasteiger partial charge in [-0.3, -0.25) is 14.9 Å². The molecule has 29 heavy (non-hydrogen) atoms. The SMILES string of the molecule is COC(=O)Cc1ccc(Oc2ccc(S(=O)(=O)N3CCCC3)cc2[N+](=O)[O-])cc1. The molecule has 0 amide bonds. The van der Waals surface area contributed by atoms with Gasteiger partial charge in [0.25, 0.3) is 0 Å². The fourth-order valence-corrected chi connectivity index (χ4v) is 4.54. The molecule has 154 valence electrons. The van der Waals surface area contributed by atoms with Gasteiger partial charge in [0, 0.05) is 19.2 Å². The predicted octanol–water partition coefficient (Wildman–Crippen LogP) is 2.89. The summed E-state index contributed by atoms with van der Waals surface area (Å²) in [4.78, 5) is 22.0. The van der Waals surface area contributed by atoms with Gasteiger partial charge < -0.3 is 9.47 Å². The van der Waals surface area contributed by atoms with E-state index in [4.69, 9.17) is 4.74 Å². The molecule has 0 radical (unpaired) electrons. The molecule has 0 atom stereocenters. The molecule has 1 saturated heterocycles. The Morgan fingerprint density at radius 1 is 1.14 bits per heavy atom. The minimum absolute atomic E-state index is 0.0731. The van der Waals surface area contributed by atoms with Crippen LogP contribution < -0.4 is 4.74 Å². The Morgan fingerprint density at radius 3 is 2.38 bits per heavy atom. The lowest BCUT2D eigenvalue weighted by Crippen LogP contribution is -2.27. The zero-order valence-electron chi connectivity index (χ0n) is 15.7. The average molecular weight is 420 g/mol. The van der Waals surface area contributed by atoms with Gasteiger partial charge in [0.15, 0.2) is 0 Å². The number of carbonyl (C=O) groups is 1. The van der Waals surface area contributed by atoms with Crippen molar-refractivity contribution in [3.05, 3.63) is 58.1 Å². The zero-order valence-corrected chi connectivity index (χ0v) is 16.6. The molecular formula is C19H20N2O7S. The summed E-state index contributed by atoms with van der Waals surface area (Å²) in [5, 5.41) is 11.5. The summed E-state index contributed by atoms with van der Waals surface area (Å²) in [5.41, 5.74) is 0.259. The number of benzene rings is 2. The molecule has 2 aromatic rings. The molecule has 1 aliphatic heterocycles. The van der Waals surface area contributed by atoms with Crippen molar-refractivity contribution in [1.82, 2.24) is 4.31 Å². The van der Waals surface area contributed by atoms with Crippen LogP contribution in [-0.2, 0) is 26.0 Å². The third kappa shape index (κ3) is 4.72. The number of nitro groups is 1. The lowest BCUT2D eigenvalue weighted by Gasteiger charge is -2.16. The van der Waals surface area contributed by atoms with E-state index in [-0.39, 0.29) is 23.0 Å². The molecule has 1 heterocycles. The lowest BCUT2D eigenvalue weighted by atomic mass is 10.1. The number of sulfonamides is 1. The second kappa shape index (κ2) is 8.58. The quantitative estimate of drug-likeness (QED) is 0.384. The van der Waals surface area contributed by atoms with E-state index >= 15 is 0 Å². The molecule has 9 nitrogen and oxygen atoms in total. The number of methoxy groups -OCH3 is 1. The first-order chi connectivity index (χ1) is 13.8. The topological polar surface area (TPSA) is 116 Å². The fourth-order valence-electron chi connectivity index (χ4n) is 3.01. The van der Waals surface area contributed by atoms with E-state index in [1.807, 2.05) is 0 Å². The Balaban J connectivity index is 1.84. The van der Waals surface area contributed by atoms with E-state index in [1.165, 1.54) is 23.5 Å². The maximum absolute atomic E-state index is 12.7. The molecule has 1 aliphatic rings. The Kier molecular flexibility index (Phi) is 6.14. The van der Waals surface area contributed by atoms with Crippen molar-refractivity contribution in [1.29, 1.82) is 0 Å². The Bertz CT molecular complexity index is 1010. The van der Waals surface area contributed by atoms with E-state index in [0.717, 1.165) is 18.9 Å². The Labute approximate surface area is 168 Å². The van der Waals surface area contributed by atoms with Crippen molar-refractivity contribution in [3.8, 4) is 11.5 Å². The van der Waals surface area contributed by atoms with Crippen LogP contribution in [0.3, 0.4) is 0 Å². The number of hydrogen-bond donors (Lipinski definition) is 0. The highest BCUT2D eigenvalue weighted by molar-refractivity contribution is 7.89. The van der Waals surface area contributed by atoms with Gasteiger partial charge in [-0.1, -0.05) is 12.1 Å². The van der Waals surface area contributed by atoms with Crippen LogP contribution in [-0.4, -0.2) is 43.8 Å². The van der Waals surface area contributed by atoms with Gasteiger partial charge in [-0.2, -0.15) is 4.31 Å². The standard InChI is InChI=1S/C19H20N2O7S/c1-27-19(22)12-14-4-6-15(7-5-14)28-18-9-8-16(13-17(18)21(23)24)29(25,26)20-10-2-3-11-20/h4-9,13H,2-3,10-12H2,1H3. The number of ether oxygens (including phenoxy) is 2. The molecule has 0 aromatic heterocycles. The first-order valence-corrected chi connectivity index (χ1v) is 10.4.